The number of aliphatic hydroxyl groups is 1. The summed E-state index contributed by atoms with van der Waals surface area (Å²) in [6.45, 7) is 9.62. The number of aromatic nitrogens is 6. The van der Waals surface area contributed by atoms with Gasteiger partial charge in [-0.05, 0) is 26.8 Å². The third-order valence-electron chi connectivity index (χ3n) is 5.64. The van der Waals surface area contributed by atoms with Crippen molar-refractivity contribution in [3.05, 3.63) is 25.2 Å². The summed E-state index contributed by atoms with van der Waals surface area (Å²) < 4.78 is 23.6. The number of imidazole rings is 1. The van der Waals surface area contributed by atoms with E-state index < -0.39 is 24.2 Å². The average Bonchev–Trinajstić information content (AvgIpc) is 3.50. The third-order valence-corrected chi connectivity index (χ3v) is 5.64. The highest BCUT2D eigenvalue weighted by Gasteiger charge is 2.35. The number of alkyl halides is 1. The molecule has 0 saturated carbocycles. The van der Waals surface area contributed by atoms with Crippen LogP contribution < -0.4 is 20.3 Å². The molecule has 0 radical (unpaired) electrons. The zero-order chi connectivity index (χ0) is 25.3. The summed E-state index contributed by atoms with van der Waals surface area (Å²) in [6, 6.07) is -0.629. The molecule has 1 fully saturated rings. The van der Waals surface area contributed by atoms with Gasteiger partial charge in [0.25, 0.3) is 5.88 Å². The molecule has 1 aliphatic heterocycles. The number of ether oxygens (including phenoxy) is 1. The number of aliphatic hydroxyl groups excluding tert-OH is 1. The number of halogens is 1. The first-order valence-corrected chi connectivity index (χ1v) is 11.3. The molecule has 35 heavy (non-hydrogen) atoms. The molecule has 4 heterocycles. The lowest BCUT2D eigenvalue weighted by atomic mass is 10.2. The van der Waals surface area contributed by atoms with Gasteiger partial charge < -0.3 is 29.9 Å². The first-order chi connectivity index (χ1) is 16.7. The summed E-state index contributed by atoms with van der Waals surface area (Å²) in [5.74, 6) is 0.584. The minimum absolute atomic E-state index is 0.0263. The van der Waals surface area contributed by atoms with E-state index in [-0.39, 0.29) is 25.7 Å². The number of nitrogens with zero attached hydrogens (tertiary/aromatic N) is 7. The number of hydrogen-bond donors (Lipinski definition) is 3. The van der Waals surface area contributed by atoms with E-state index in [2.05, 4.69) is 37.3 Å². The van der Waals surface area contributed by atoms with Gasteiger partial charge in [0.05, 0.1) is 44.9 Å². The van der Waals surface area contributed by atoms with Crippen LogP contribution in [0.4, 0.5) is 21.8 Å². The number of hydrogen-bond acceptors (Lipinski definition) is 9. The monoisotopic (exact) mass is 487 g/mol. The first-order valence-electron chi connectivity index (χ1n) is 11.3. The standard InChI is InChI=1S/C22H30FN9O3/c1-6-17(34)25-15-9-30(8-14(15)23)22-27-19(18-20(28-22)32(11-24-18)12(2)3)26-16-10-31(7-13(4)33)29-21(16)35-5/h6,10-15,33H,1,7-9H2,2-5H3,(H,25,34)(H,26,27,28). The van der Waals surface area contributed by atoms with Crippen LogP contribution >= 0.6 is 0 Å². The molecule has 0 aromatic carbocycles. The molecule has 1 saturated heterocycles. The molecule has 188 valence electrons. The molecule has 1 aliphatic rings. The molecule has 4 rings (SSSR count). The number of fused-ring (bicyclic) bond motifs is 1. The maximum Gasteiger partial charge on any atom is 0.256 e. The van der Waals surface area contributed by atoms with Gasteiger partial charge in [-0.2, -0.15) is 9.97 Å². The zero-order valence-corrected chi connectivity index (χ0v) is 20.1. The number of amides is 1. The number of methoxy groups -OCH3 is 1. The van der Waals surface area contributed by atoms with Crippen LogP contribution in [-0.4, -0.2) is 78.8 Å². The highest BCUT2D eigenvalue weighted by molar-refractivity contribution is 5.88. The summed E-state index contributed by atoms with van der Waals surface area (Å²) in [5.41, 5.74) is 1.64. The van der Waals surface area contributed by atoms with E-state index in [0.29, 0.717) is 34.5 Å². The maximum atomic E-state index is 14.7. The van der Waals surface area contributed by atoms with Crippen LogP contribution in [0.25, 0.3) is 11.2 Å². The Labute approximate surface area is 201 Å². The Morgan fingerprint density at radius 1 is 1.37 bits per heavy atom. The van der Waals surface area contributed by atoms with E-state index in [4.69, 9.17) is 4.74 Å². The van der Waals surface area contributed by atoms with Crippen LogP contribution in [0.15, 0.2) is 25.2 Å². The van der Waals surface area contributed by atoms with Gasteiger partial charge in [0.15, 0.2) is 17.0 Å². The van der Waals surface area contributed by atoms with E-state index in [9.17, 15) is 14.3 Å². The van der Waals surface area contributed by atoms with Gasteiger partial charge in [-0.3, -0.25) is 9.48 Å². The summed E-state index contributed by atoms with van der Waals surface area (Å²) in [7, 11) is 1.50. The molecule has 3 atom stereocenters. The number of anilines is 3. The van der Waals surface area contributed by atoms with Crippen molar-refractivity contribution in [2.75, 3.05) is 30.4 Å². The third kappa shape index (κ3) is 5.04. The second-order valence-corrected chi connectivity index (χ2v) is 8.78. The molecule has 12 nitrogen and oxygen atoms in total. The molecule has 3 unspecified atom stereocenters. The van der Waals surface area contributed by atoms with E-state index in [0.717, 1.165) is 6.08 Å². The van der Waals surface area contributed by atoms with Crippen LogP contribution in [-0.2, 0) is 11.3 Å². The Hall–Kier alpha value is -3.74. The normalized spacial score (nSPS) is 18.8. The molecule has 13 heteroatoms. The minimum Gasteiger partial charge on any atom is -0.478 e. The molecule has 1 amide bonds. The summed E-state index contributed by atoms with van der Waals surface area (Å²) in [5, 5.41) is 19.9. The molecular weight excluding hydrogens is 457 g/mol. The molecule has 3 aromatic heterocycles. The van der Waals surface area contributed by atoms with E-state index in [1.165, 1.54) is 7.11 Å². The Bertz CT molecular complexity index is 1220. The SMILES string of the molecule is C=CC(=O)NC1CN(c2nc(Nc3cn(CC(C)O)nc3OC)c3ncn(C(C)C)c3n2)CC1F. The Balaban J connectivity index is 1.72. The predicted octanol–water partition coefficient (Wildman–Crippen LogP) is 1.57. The van der Waals surface area contributed by atoms with E-state index in [1.54, 1.807) is 29.0 Å². The number of nitrogens with one attached hydrogen (secondary N) is 2. The van der Waals surface area contributed by atoms with Crippen molar-refractivity contribution in [3.63, 3.8) is 0 Å². The van der Waals surface area contributed by atoms with Crippen LogP contribution in [0, 0.1) is 0 Å². The molecule has 3 N–H and O–H groups in total. The van der Waals surface area contributed by atoms with Crippen LogP contribution in [0.1, 0.15) is 26.8 Å². The van der Waals surface area contributed by atoms with E-state index >= 15 is 0 Å². The number of carbonyl (C=O) groups is 1. The summed E-state index contributed by atoms with van der Waals surface area (Å²) >= 11 is 0. The quantitative estimate of drug-likeness (QED) is 0.384. The molecular formula is C22H30FN9O3. The van der Waals surface area contributed by atoms with Crippen molar-refractivity contribution in [2.45, 2.75) is 51.7 Å². The number of rotatable bonds is 9. The minimum atomic E-state index is -1.29. The second-order valence-electron chi connectivity index (χ2n) is 8.78. The van der Waals surface area contributed by atoms with Crippen molar-refractivity contribution in [1.29, 1.82) is 0 Å². The fraction of sp³-hybridized carbons (Fsp3) is 0.500. The fourth-order valence-electron chi connectivity index (χ4n) is 3.95. The van der Waals surface area contributed by atoms with Crippen molar-refractivity contribution >= 4 is 34.5 Å². The second kappa shape index (κ2) is 9.86. The van der Waals surface area contributed by atoms with Crippen molar-refractivity contribution in [2.24, 2.45) is 0 Å². The Kier molecular flexibility index (Phi) is 6.87. The lowest BCUT2D eigenvalue weighted by Gasteiger charge is -2.18. The highest BCUT2D eigenvalue weighted by atomic mass is 19.1. The van der Waals surface area contributed by atoms with Crippen LogP contribution in [0.5, 0.6) is 5.88 Å². The topological polar surface area (TPSA) is 135 Å². The zero-order valence-electron chi connectivity index (χ0n) is 20.1. The van der Waals surface area contributed by atoms with Gasteiger partial charge in [-0.15, -0.1) is 5.10 Å². The Morgan fingerprint density at radius 2 is 2.14 bits per heavy atom. The smallest absolute Gasteiger partial charge is 0.256 e. The molecule has 3 aromatic rings. The van der Waals surface area contributed by atoms with E-state index in [1.807, 2.05) is 18.4 Å². The van der Waals surface area contributed by atoms with Crippen molar-refractivity contribution in [1.82, 2.24) is 34.6 Å². The van der Waals surface area contributed by atoms with Crippen LogP contribution in [0.2, 0.25) is 0 Å². The molecule has 0 bridgehead atoms. The van der Waals surface area contributed by atoms with Gasteiger partial charge in [0, 0.05) is 12.6 Å². The average molecular weight is 488 g/mol. The van der Waals surface area contributed by atoms with Gasteiger partial charge in [-0.1, -0.05) is 6.58 Å². The first kappa shape index (κ1) is 24.4. The van der Waals surface area contributed by atoms with Crippen molar-refractivity contribution in [3.8, 4) is 5.88 Å². The summed E-state index contributed by atoms with van der Waals surface area (Å²) in [6.07, 6.45) is 2.62. The van der Waals surface area contributed by atoms with Gasteiger partial charge >= 0.3 is 0 Å². The Morgan fingerprint density at radius 3 is 2.80 bits per heavy atom. The fourth-order valence-corrected chi connectivity index (χ4v) is 3.95. The van der Waals surface area contributed by atoms with Gasteiger partial charge in [0.2, 0.25) is 11.9 Å². The highest BCUT2D eigenvalue weighted by Crippen LogP contribution is 2.31. The van der Waals surface area contributed by atoms with Gasteiger partial charge in [0.1, 0.15) is 11.9 Å². The summed E-state index contributed by atoms with van der Waals surface area (Å²) in [4.78, 5) is 27.2. The lowest BCUT2D eigenvalue weighted by Crippen LogP contribution is -2.40. The molecule has 0 aliphatic carbocycles. The van der Waals surface area contributed by atoms with Crippen molar-refractivity contribution < 1.29 is 19.0 Å². The number of carbonyl (C=O) groups excluding carboxylic acids is 1. The predicted molar refractivity (Wildman–Crippen MR) is 129 cm³/mol. The maximum absolute atomic E-state index is 14.7. The lowest BCUT2D eigenvalue weighted by molar-refractivity contribution is -0.117. The van der Waals surface area contributed by atoms with Crippen LogP contribution in [0.3, 0.4) is 0 Å². The molecule has 0 spiro atoms. The van der Waals surface area contributed by atoms with Gasteiger partial charge in [-0.25, -0.2) is 9.37 Å². The largest absolute Gasteiger partial charge is 0.478 e.